The molecule has 7 nitrogen and oxygen atoms in total. The fourth-order valence-electron chi connectivity index (χ4n) is 6.05. The Morgan fingerprint density at radius 1 is 1.05 bits per heavy atom. The predicted molar refractivity (Wildman–Crippen MR) is 152 cm³/mol. The molecule has 1 aromatic carbocycles. The Morgan fingerprint density at radius 3 is 2.67 bits per heavy atom. The Kier molecular flexibility index (Phi) is 7.28. The van der Waals surface area contributed by atoms with E-state index in [0.717, 1.165) is 68.4 Å². The van der Waals surface area contributed by atoms with Crippen LogP contribution in [-0.4, -0.2) is 27.0 Å². The molecule has 0 bridgehead atoms. The second kappa shape index (κ2) is 11.0. The van der Waals surface area contributed by atoms with Crippen molar-refractivity contribution in [1.82, 2.24) is 20.2 Å². The fourth-order valence-corrected chi connectivity index (χ4v) is 6.16. The van der Waals surface area contributed by atoms with E-state index in [-0.39, 0.29) is 23.6 Å². The molecule has 2 fully saturated rings. The minimum absolute atomic E-state index is 0.0648. The molecule has 2 aromatic heterocycles. The van der Waals surface area contributed by atoms with Crippen molar-refractivity contribution >= 4 is 29.3 Å². The maximum atomic E-state index is 12.9. The van der Waals surface area contributed by atoms with Gasteiger partial charge in [-0.2, -0.15) is 0 Å². The van der Waals surface area contributed by atoms with E-state index >= 15 is 0 Å². The molecule has 2 N–H and O–H groups in total. The predicted octanol–water partition coefficient (Wildman–Crippen LogP) is 5.10. The third-order valence-electron chi connectivity index (χ3n) is 8.33. The third kappa shape index (κ3) is 5.94. The SMILES string of the molecule is O=C1CCC2(CCC(NCc3ccc4c(c3)CCC(n3ccc(OCc5ccc(Cl)cn5)cc3=O)=C4)CC2)N1. The minimum Gasteiger partial charge on any atom is -0.487 e. The van der Waals surface area contributed by atoms with Crippen molar-refractivity contribution in [3.05, 3.63) is 92.6 Å². The lowest BCUT2D eigenvalue weighted by molar-refractivity contribution is -0.120. The highest BCUT2D eigenvalue weighted by atomic mass is 35.5. The van der Waals surface area contributed by atoms with Gasteiger partial charge in [-0.15, -0.1) is 0 Å². The number of nitrogens with one attached hydrogen (secondary N) is 2. The van der Waals surface area contributed by atoms with Gasteiger partial charge in [-0.05, 0) is 85.9 Å². The first kappa shape index (κ1) is 25.8. The molecule has 3 aliphatic rings. The first-order valence-electron chi connectivity index (χ1n) is 13.8. The number of carbonyl (C=O) groups is 1. The normalized spacial score (nSPS) is 22.3. The molecule has 8 heteroatoms. The maximum Gasteiger partial charge on any atom is 0.258 e. The zero-order chi connectivity index (χ0) is 26.8. The van der Waals surface area contributed by atoms with Gasteiger partial charge in [0, 0.05) is 48.7 Å². The van der Waals surface area contributed by atoms with E-state index in [1.165, 1.54) is 17.2 Å². The van der Waals surface area contributed by atoms with Crippen LogP contribution in [0.2, 0.25) is 5.02 Å². The molecule has 39 heavy (non-hydrogen) atoms. The summed E-state index contributed by atoms with van der Waals surface area (Å²) in [6.45, 7) is 1.12. The number of rotatable bonds is 7. The number of allylic oxidation sites excluding steroid dienone is 1. The van der Waals surface area contributed by atoms with Crippen LogP contribution in [0.4, 0.5) is 0 Å². The standard InChI is InChI=1S/C31H33ClN4O3/c32-24-4-5-26(34-19-24)20-39-28-10-14-36(30(38)17-28)27-6-3-22-15-21(1-2-23(22)16-27)18-33-25-7-11-31(12-8-25)13-9-29(37)35-31/h1-2,4-5,10,14-17,19,25,33H,3,6-9,11-13,18,20H2,(H,35,37). The number of pyridine rings is 2. The largest absolute Gasteiger partial charge is 0.487 e. The molecule has 6 rings (SSSR count). The number of hydrogen-bond acceptors (Lipinski definition) is 5. The van der Waals surface area contributed by atoms with Crippen molar-refractivity contribution < 1.29 is 9.53 Å². The maximum absolute atomic E-state index is 12.9. The van der Waals surface area contributed by atoms with Gasteiger partial charge in [-0.25, -0.2) is 0 Å². The van der Waals surface area contributed by atoms with Gasteiger partial charge in [0.25, 0.3) is 5.56 Å². The van der Waals surface area contributed by atoms with Crippen LogP contribution < -0.4 is 20.9 Å². The first-order chi connectivity index (χ1) is 18.9. The van der Waals surface area contributed by atoms with Crippen molar-refractivity contribution in [2.24, 2.45) is 0 Å². The number of nitrogens with zero attached hydrogens (tertiary/aromatic N) is 2. The number of aromatic nitrogens is 2. The van der Waals surface area contributed by atoms with Gasteiger partial charge in [-0.1, -0.05) is 29.8 Å². The van der Waals surface area contributed by atoms with Crippen molar-refractivity contribution in [2.45, 2.75) is 76.1 Å². The van der Waals surface area contributed by atoms with Gasteiger partial charge in [0.1, 0.15) is 12.4 Å². The summed E-state index contributed by atoms with van der Waals surface area (Å²) in [5.74, 6) is 0.731. The van der Waals surface area contributed by atoms with E-state index < -0.39 is 0 Å². The van der Waals surface area contributed by atoms with E-state index in [4.69, 9.17) is 16.3 Å². The molecular formula is C31H33ClN4O3. The fraction of sp³-hybridized carbons (Fsp3) is 0.387. The Balaban J connectivity index is 1.05. The minimum atomic E-state index is -0.112. The summed E-state index contributed by atoms with van der Waals surface area (Å²) in [6.07, 6.45) is 13.2. The number of fused-ring (bicyclic) bond motifs is 1. The molecule has 0 unspecified atom stereocenters. The van der Waals surface area contributed by atoms with Gasteiger partial charge < -0.3 is 15.4 Å². The molecule has 0 atom stereocenters. The average molecular weight is 545 g/mol. The zero-order valence-corrected chi connectivity index (χ0v) is 22.7. The van der Waals surface area contributed by atoms with Gasteiger partial charge in [0.2, 0.25) is 5.91 Å². The molecule has 0 radical (unpaired) electrons. The number of aryl methyl sites for hydroxylation is 1. The highest BCUT2D eigenvalue weighted by Crippen LogP contribution is 2.36. The summed E-state index contributed by atoms with van der Waals surface area (Å²) >= 11 is 5.88. The zero-order valence-electron chi connectivity index (χ0n) is 21.9. The van der Waals surface area contributed by atoms with Crippen molar-refractivity contribution in [3.8, 4) is 5.75 Å². The van der Waals surface area contributed by atoms with Gasteiger partial charge in [-0.3, -0.25) is 19.1 Å². The van der Waals surface area contributed by atoms with Crippen LogP contribution in [0.15, 0.2) is 59.7 Å². The molecule has 3 heterocycles. The highest BCUT2D eigenvalue weighted by molar-refractivity contribution is 6.30. The molecular weight excluding hydrogens is 512 g/mol. The van der Waals surface area contributed by atoms with Crippen LogP contribution in [0.25, 0.3) is 11.8 Å². The van der Waals surface area contributed by atoms with E-state index in [9.17, 15) is 9.59 Å². The molecule has 202 valence electrons. The lowest BCUT2D eigenvalue weighted by Gasteiger charge is -2.37. The van der Waals surface area contributed by atoms with Gasteiger partial charge >= 0.3 is 0 Å². The Bertz CT molecular complexity index is 1460. The third-order valence-corrected chi connectivity index (χ3v) is 8.55. The summed E-state index contributed by atoms with van der Waals surface area (Å²) in [5, 5.41) is 7.54. The summed E-state index contributed by atoms with van der Waals surface area (Å²) < 4.78 is 7.46. The molecule has 1 aliphatic heterocycles. The average Bonchev–Trinajstić information content (AvgIpc) is 3.31. The molecule has 1 amide bonds. The summed E-state index contributed by atoms with van der Waals surface area (Å²) in [6, 6.07) is 14.0. The van der Waals surface area contributed by atoms with Crippen LogP contribution in [0.3, 0.4) is 0 Å². The number of carbonyl (C=O) groups excluding carboxylic acids is 1. The number of hydrogen-bond donors (Lipinski definition) is 2. The monoisotopic (exact) mass is 544 g/mol. The quantitative estimate of drug-likeness (QED) is 0.432. The van der Waals surface area contributed by atoms with E-state index in [2.05, 4.69) is 39.9 Å². The summed E-state index contributed by atoms with van der Waals surface area (Å²) in [7, 11) is 0. The van der Waals surface area contributed by atoms with Crippen molar-refractivity contribution in [3.63, 3.8) is 0 Å². The van der Waals surface area contributed by atoms with E-state index in [1.54, 1.807) is 29.1 Å². The van der Waals surface area contributed by atoms with Crippen LogP contribution in [0.1, 0.15) is 67.3 Å². The summed E-state index contributed by atoms with van der Waals surface area (Å²) in [5.41, 5.74) is 5.45. The Hall–Kier alpha value is -3.42. The van der Waals surface area contributed by atoms with Gasteiger partial charge in [0.05, 0.1) is 10.7 Å². The highest BCUT2D eigenvalue weighted by Gasteiger charge is 2.40. The molecule has 1 saturated heterocycles. The van der Waals surface area contributed by atoms with Crippen LogP contribution in [-0.2, 0) is 24.4 Å². The number of benzene rings is 1. The lowest BCUT2D eigenvalue weighted by atomic mass is 9.78. The number of halogens is 1. The number of amides is 1. The molecule has 2 aliphatic carbocycles. The first-order valence-corrected chi connectivity index (χ1v) is 14.2. The van der Waals surface area contributed by atoms with Crippen LogP contribution in [0, 0.1) is 0 Å². The van der Waals surface area contributed by atoms with E-state index in [0.29, 0.717) is 23.2 Å². The molecule has 1 saturated carbocycles. The van der Waals surface area contributed by atoms with Crippen molar-refractivity contribution in [2.75, 3.05) is 0 Å². The molecule has 1 spiro atoms. The van der Waals surface area contributed by atoms with Crippen LogP contribution >= 0.6 is 11.6 Å². The van der Waals surface area contributed by atoms with E-state index in [1.807, 2.05) is 6.07 Å². The molecule has 3 aromatic rings. The Labute approximate surface area is 233 Å². The lowest BCUT2D eigenvalue weighted by Crippen LogP contribution is -2.47. The number of ether oxygens (including phenoxy) is 1. The summed E-state index contributed by atoms with van der Waals surface area (Å²) in [4.78, 5) is 28.8. The second-order valence-electron chi connectivity index (χ2n) is 11.0. The topological polar surface area (TPSA) is 85.2 Å². The second-order valence-corrected chi connectivity index (χ2v) is 11.4. The van der Waals surface area contributed by atoms with Crippen molar-refractivity contribution in [1.29, 1.82) is 0 Å². The Morgan fingerprint density at radius 2 is 1.92 bits per heavy atom. The van der Waals surface area contributed by atoms with Crippen LogP contribution in [0.5, 0.6) is 5.75 Å². The van der Waals surface area contributed by atoms with Gasteiger partial charge in [0.15, 0.2) is 0 Å². The smallest absolute Gasteiger partial charge is 0.258 e.